The Hall–Kier alpha value is -12.7. The van der Waals surface area contributed by atoms with Crippen molar-refractivity contribution in [3.05, 3.63) is 65.9 Å². The summed E-state index contributed by atoms with van der Waals surface area (Å²) in [5.74, 6) is -30.0. The number of benzene rings is 2. The Kier molecular flexibility index (Phi) is 33.7. The highest BCUT2D eigenvalue weighted by molar-refractivity contribution is 6.05. The predicted molar refractivity (Wildman–Crippen MR) is 363 cm³/mol. The van der Waals surface area contributed by atoms with Gasteiger partial charge in [-0.3, -0.25) is 91.1 Å². The monoisotopic (exact) mass is 1510 g/mol. The number of carboxylic acid groups (broad SMARTS) is 4. The van der Waals surface area contributed by atoms with Crippen LogP contribution in [0.25, 0.3) is 10.9 Å². The number of carboxylic acids is 4. The number of aliphatic hydroxyl groups is 1. The molecule has 1 unspecified atom stereocenters. The average molecular weight is 1510 g/mol. The molecule has 43 nitrogen and oxygen atoms in total. The van der Waals surface area contributed by atoms with Gasteiger partial charge in [0, 0.05) is 48.1 Å². The van der Waals surface area contributed by atoms with E-state index in [-0.39, 0.29) is 30.6 Å². The number of hydrogen-bond donors (Lipinski definition) is 22. The van der Waals surface area contributed by atoms with Gasteiger partial charge < -0.3 is 122 Å². The number of aromatic nitrogens is 1. The van der Waals surface area contributed by atoms with Gasteiger partial charge in [0.05, 0.1) is 51.8 Å². The van der Waals surface area contributed by atoms with Crippen LogP contribution in [-0.2, 0) is 102 Å². The van der Waals surface area contributed by atoms with Crippen molar-refractivity contribution in [2.24, 2.45) is 17.4 Å². The molecular weight excluding hydrogens is 1420 g/mol. The maximum Gasteiger partial charge on any atom is 0.329 e. The molecule has 1 aliphatic rings. The van der Waals surface area contributed by atoms with E-state index in [0.29, 0.717) is 16.5 Å². The summed E-state index contributed by atoms with van der Waals surface area (Å²) < 4.78 is 5.64. The van der Waals surface area contributed by atoms with E-state index in [1.165, 1.54) is 30.5 Å². The number of H-pyrrole nitrogens is 1. The average Bonchev–Trinajstić information content (AvgIpc) is 1.44. The van der Waals surface area contributed by atoms with Crippen LogP contribution in [0.1, 0.15) is 95.0 Å². The highest BCUT2D eigenvalue weighted by atomic mass is 16.5. The van der Waals surface area contributed by atoms with Crippen LogP contribution in [0.4, 0.5) is 5.69 Å². The smallest absolute Gasteiger partial charge is 0.329 e. The largest absolute Gasteiger partial charge is 0.481 e. The van der Waals surface area contributed by atoms with Crippen LogP contribution in [0.15, 0.2) is 54.7 Å². The van der Waals surface area contributed by atoms with E-state index in [2.05, 4.69) is 52.8 Å². The first-order chi connectivity index (χ1) is 50.3. The van der Waals surface area contributed by atoms with E-state index in [4.69, 9.17) is 21.9 Å². The summed E-state index contributed by atoms with van der Waals surface area (Å²) in [4.78, 5) is 273. The van der Waals surface area contributed by atoms with Crippen molar-refractivity contribution in [3.8, 4) is 0 Å². The van der Waals surface area contributed by atoms with Gasteiger partial charge in [-0.1, -0.05) is 37.3 Å². The third kappa shape index (κ3) is 28.1. The normalized spacial score (nSPS) is 21.9. The third-order valence-corrected chi connectivity index (χ3v) is 15.9. The number of nitrogens with one attached hydrogen (secondary N) is 14. The molecule has 0 spiro atoms. The van der Waals surface area contributed by atoms with Crippen molar-refractivity contribution < 1.29 is 126 Å². The fraction of sp³-hybridized carbons (Fsp3) is 0.469. The van der Waals surface area contributed by atoms with Gasteiger partial charge in [0.1, 0.15) is 72.6 Å². The fourth-order valence-electron chi connectivity index (χ4n) is 10.5. The van der Waals surface area contributed by atoms with Crippen LogP contribution in [0, 0.1) is 5.92 Å². The zero-order chi connectivity index (χ0) is 80.1. The first kappa shape index (κ1) is 86.7. The standard InChI is InChI=1S/C64H85N17O26/c1-27(16-48(88)89)52-63(105)79-42(18-44(84)33-11-5-7-12-34(33)66)64(106)107-29(3)53(81-60(102)41(22-51(94)95)78-59(101)38(19-45(67)85)76-58(100)37(72-30(4)83)17-31-23-68-35-13-8-6-10-32(31)35)62(104)70-25-46(86)73-36(14-9-15-65)56(98)77-40(21-50(92)93)57(99)71-28(2)54(96)75-39(20-49(90)91)55(97)69-24-47(87)74-43(26-82)61(103)80-52/h5-8,10-13,23,27-29,36-43,52-53,68,82H,9,14-22,24-26,65-66H2,1-4H3,(H2,67,85)(H,69,97)(H,70,104)(H,71,99)(H,72,83)(H,73,86)(H,74,87)(H,75,96)(H,76,100)(H,77,98)(H,78,101)(H,79,105)(H,80,103)(H,81,102)(H,88,89)(H,90,91)(H,92,93)(H,94,95)/t27?,28-,29-,36+,37+,38-,39+,40+,41+,42+,43-,52+,53+/m1/s1. The van der Waals surface area contributed by atoms with Crippen LogP contribution in [0.2, 0.25) is 0 Å². The van der Waals surface area contributed by atoms with Gasteiger partial charge in [-0.25, -0.2) is 4.79 Å². The Morgan fingerprint density at radius 3 is 1.68 bits per heavy atom. The lowest BCUT2D eigenvalue weighted by atomic mass is 9.96. The number of para-hydroxylation sites is 2. The lowest BCUT2D eigenvalue weighted by molar-refractivity contribution is -0.156. The Balaban J connectivity index is 1.88. The van der Waals surface area contributed by atoms with Gasteiger partial charge in [-0.05, 0) is 62.9 Å². The van der Waals surface area contributed by atoms with E-state index in [0.717, 1.165) is 27.7 Å². The number of amides is 14. The van der Waals surface area contributed by atoms with Gasteiger partial charge in [0.2, 0.25) is 82.7 Å². The highest BCUT2D eigenvalue weighted by Gasteiger charge is 2.41. The number of carbonyl (C=O) groups is 20. The Morgan fingerprint density at radius 1 is 0.570 bits per heavy atom. The Labute approximate surface area is 606 Å². The molecule has 14 amide bonds. The molecule has 1 aliphatic heterocycles. The minimum atomic E-state index is -2.45. The van der Waals surface area contributed by atoms with Crippen LogP contribution >= 0.6 is 0 Å². The molecule has 0 aliphatic carbocycles. The van der Waals surface area contributed by atoms with E-state index in [1.807, 2.05) is 21.3 Å². The number of rotatable bonds is 27. The number of fused-ring (bicyclic) bond motifs is 1. The number of ketones is 1. The molecule has 4 rings (SSSR count). The first-order valence-corrected chi connectivity index (χ1v) is 32.8. The minimum Gasteiger partial charge on any atom is -0.481 e. The lowest BCUT2D eigenvalue weighted by Crippen LogP contribution is -2.62. The number of aliphatic hydroxyl groups excluding tert-OH is 1. The molecule has 43 heteroatoms. The Bertz CT molecular complexity index is 3880. The topological polar surface area (TPSA) is 702 Å². The Morgan fingerprint density at radius 2 is 1.10 bits per heavy atom. The molecule has 25 N–H and O–H groups in total. The first-order valence-electron chi connectivity index (χ1n) is 32.8. The molecule has 0 radical (unpaired) electrons. The van der Waals surface area contributed by atoms with Crippen molar-refractivity contribution in [3.63, 3.8) is 0 Å². The number of ether oxygens (including phenoxy) is 1. The van der Waals surface area contributed by atoms with E-state index in [1.54, 1.807) is 24.3 Å². The van der Waals surface area contributed by atoms with Gasteiger partial charge in [0.25, 0.3) is 0 Å². The number of aliphatic carboxylic acids is 4. The predicted octanol–water partition coefficient (Wildman–Crippen LogP) is -8.74. The zero-order valence-corrected chi connectivity index (χ0v) is 57.9. The number of anilines is 1. The van der Waals surface area contributed by atoms with Crippen molar-refractivity contribution in [1.82, 2.24) is 74.1 Å². The number of aromatic amines is 1. The summed E-state index contributed by atoms with van der Waals surface area (Å²) in [5.41, 5.74) is 17.9. The third-order valence-electron chi connectivity index (χ3n) is 15.9. The SMILES string of the molecule is CC(=O)N[C@@H](Cc1c[nH]c2ccccc12)C(=O)N[C@H](CC(N)=O)C(=O)N[C@@H](CC(=O)O)C(=O)N[C@@H]1C(=O)NCC(=O)N[C@@H](CCCN)C(=O)N[C@@H](CC(=O)O)C(=O)N[C@H](C)C(=O)N[C@@H](CC(=O)O)C(=O)NCC(=O)N[C@H](CO)C(=O)N[C@@H](C(C)CC(=O)O)C(=O)N[C@@H](CC(=O)c2ccccc2N)C(=O)O[C@@H]1C. The van der Waals surface area contributed by atoms with E-state index < -0.39 is 261 Å². The summed E-state index contributed by atoms with van der Waals surface area (Å²) in [7, 11) is 0. The number of nitrogens with two attached hydrogens (primary N) is 3. The van der Waals surface area contributed by atoms with Crippen LogP contribution in [0.3, 0.4) is 0 Å². The molecule has 1 saturated heterocycles. The van der Waals surface area contributed by atoms with Crippen LogP contribution < -0.4 is 86.3 Å². The van der Waals surface area contributed by atoms with Crippen LogP contribution in [0.5, 0.6) is 0 Å². The number of primary amides is 1. The molecule has 0 saturated carbocycles. The maximum absolute atomic E-state index is 14.7. The molecule has 2 heterocycles. The second-order valence-corrected chi connectivity index (χ2v) is 24.5. The summed E-state index contributed by atoms with van der Waals surface area (Å²) in [6.07, 6.45) is -8.36. The summed E-state index contributed by atoms with van der Waals surface area (Å²) >= 11 is 0. The number of nitrogen functional groups attached to an aromatic ring is 1. The van der Waals surface area contributed by atoms with Gasteiger partial charge in [-0.2, -0.15) is 0 Å². The minimum absolute atomic E-state index is 0.0941. The van der Waals surface area contributed by atoms with Gasteiger partial charge in [-0.15, -0.1) is 0 Å². The number of cyclic esters (lactones) is 1. The summed E-state index contributed by atoms with van der Waals surface area (Å²) in [5, 5.41) is 77.8. The lowest BCUT2D eigenvalue weighted by Gasteiger charge is -2.30. The van der Waals surface area contributed by atoms with Crippen molar-refractivity contribution in [2.75, 3.05) is 32.0 Å². The molecule has 13 atom stereocenters. The van der Waals surface area contributed by atoms with E-state index >= 15 is 0 Å². The van der Waals surface area contributed by atoms with Gasteiger partial charge in [0.15, 0.2) is 5.78 Å². The van der Waals surface area contributed by atoms with Crippen LogP contribution in [-0.4, -0.2) is 248 Å². The second-order valence-electron chi connectivity index (χ2n) is 24.5. The summed E-state index contributed by atoms with van der Waals surface area (Å²) in [6.45, 7) is 0.0906. The number of esters is 1. The molecule has 1 aromatic heterocycles. The highest BCUT2D eigenvalue weighted by Crippen LogP contribution is 2.21. The van der Waals surface area contributed by atoms with Crippen molar-refractivity contribution in [1.29, 1.82) is 0 Å². The van der Waals surface area contributed by atoms with Crippen molar-refractivity contribution in [2.45, 2.75) is 158 Å². The quantitative estimate of drug-likeness (QED) is 0.0191. The molecule has 1 fully saturated rings. The zero-order valence-electron chi connectivity index (χ0n) is 57.9. The molecule has 2 aromatic carbocycles. The number of hydrogen-bond acceptors (Lipinski definition) is 24. The van der Waals surface area contributed by atoms with Crippen molar-refractivity contribution >= 4 is 135 Å². The molecule has 582 valence electrons. The molecule has 3 aromatic rings. The number of carbonyl (C=O) groups excluding carboxylic acids is 16. The van der Waals surface area contributed by atoms with Gasteiger partial charge >= 0.3 is 29.8 Å². The molecule has 0 bridgehead atoms. The summed E-state index contributed by atoms with van der Waals surface area (Å²) in [6, 6.07) is -10.7. The molecule has 107 heavy (non-hydrogen) atoms. The maximum atomic E-state index is 14.7. The van der Waals surface area contributed by atoms with E-state index in [9.17, 15) is 121 Å². The second kappa shape index (κ2) is 41.6. The molecular formula is C64H85N17O26. The number of Topliss-reactive ketones (excluding diaryl/α,β-unsaturated/α-hetero) is 1. The fourth-order valence-corrected chi connectivity index (χ4v) is 10.5.